The van der Waals surface area contributed by atoms with Crippen LogP contribution in [0.3, 0.4) is 0 Å². The number of hydrogen-bond donors (Lipinski definition) is 2. The highest BCUT2D eigenvalue weighted by atomic mass is 19.4. The van der Waals surface area contributed by atoms with E-state index in [1.807, 2.05) is 6.07 Å². The third-order valence-corrected chi connectivity index (χ3v) is 8.47. The van der Waals surface area contributed by atoms with Crippen LogP contribution >= 0.6 is 0 Å². The zero-order valence-corrected chi connectivity index (χ0v) is 20.9. The zero-order chi connectivity index (χ0) is 26.3. The number of anilines is 1. The Morgan fingerprint density at radius 3 is 2.46 bits per heavy atom. The van der Waals surface area contributed by atoms with Crippen LogP contribution in [0.5, 0.6) is 0 Å². The van der Waals surface area contributed by atoms with Crippen molar-refractivity contribution in [2.75, 3.05) is 38.6 Å². The number of methoxy groups -OCH3 is 1. The third kappa shape index (κ3) is 4.27. The van der Waals surface area contributed by atoms with Crippen LogP contribution in [0.4, 0.5) is 18.9 Å². The number of hydrogen-bond acceptors (Lipinski definition) is 4. The molecule has 2 amide bonds. The normalized spacial score (nSPS) is 23.0. The van der Waals surface area contributed by atoms with Gasteiger partial charge in [-0.15, -0.1) is 0 Å². The summed E-state index contributed by atoms with van der Waals surface area (Å²) in [6, 6.07) is 13.3. The molecule has 3 aliphatic rings. The molecule has 0 saturated carbocycles. The number of likely N-dealkylation sites (tertiary alicyclic amines) is 1. The van der Waals surface area contributed by atoms with Gasteiger partial charge >= 0.3 is 6.18 Å². The van der Waals surface area contributed by atoms with Gasteiger partial charge in [-0.25, -0.2) is 0 Å². The number of nitrogens with zero attached hydrogens (tertiary/aromatic N) is 1. The van der Waals surface area contributed by atoms with E-state index in [1.165, 1.54) is 34.7 Å². The number of carbonyl (C=O) groups is 2. The lowest BCUT2D eigenvalue weighted by molar-refractivity contribution is -0.271. The zero-order valence-electron chi connectivity index (χ0n) is 20.9. The predicted octanol–water partition coefficient (Wildman–Crippen LogP) is 4.36. The highest BCUT2D eigenvalue weighted by Gasteiger charge is 2.64. The summed E-state index contributed by atoms with van der Waals surface area (Å²) >= 11 is 0. The summed E-state index contributed by atoms with van der Waals surface area (Å²) < 4.78 is 48.5. The van der Waals surface area contributed by atoms with Crippen molar-refractivity contribution in [3.63, 3.8) is 0 Å². The molecule has 37 heavy (non-hydrogen) atoms. The maximum absolute atomic E-state index is 14.5. The molecule has 2 aromatic rings. The number of ether oxygens (including phenoxy) is 1. The first-order valence-electron chi connectivity index (χ1n) is 12.8. The quantitative estimate of drug-likeness (QED) is 0.635. The molecule has 9 heteroatoms. The molecule has 0 radical (unpaired) electrons. The molecule has 2 fully saturated rings. The fraction of sp³-hybridized carbons (Fsp3) is 0.500. The highest BCUT2D eigenvalue weighted by Crippen LogP contribution is 2.52. The van der Waals surface area contributed by atoms with Gasteiger partial charge in [0.05, 0.1) is 0 Å². The molecule has 3 heterocycles. The van der Waals surface area contributed by atoms with E-state index < -0.39 is 23.1 Å². The fourth-order valence-corrected chi connectivity index (χ4v) is 6.51. The summed E-state index contributed by atoms with van der Waals surface area (Å²) in [6.45, 7) is 1.60. The van der Waals surface area contributed by atoms with Crippen LogP contribution in [-0.4, -0.2) is 56.2 Å². The Hall–Kier alpha value is -3.07. The molecule has 2 saturated heterocycles. The topological polar surface area (TPSA) is 70.7 Å². The second kappa shape index (κ2) is 9.67. The van der Waals surface area contributed by atoms with Gasteiger partial charge in [0.15, 0.2) is 0 Å². The van der Waals surface area contributed by atoms with E-state index in [2.05, 4.69) is 22.8 Å². The number of carbonyl (C=O) groups excluding carboxylic acids is 2. The first-order valence-corrected chi connectivity index (χ1v) is 12.8. The summed E-state index contributed by atoms with van der Waals surface area (Å²) in [5.74, 6) is -1.16. The molecule has 0 aliphatic carbocycles. The number of fused-ring (bicyclic) bond motifs is 1. The fourth-order valence-electron chi connectivity index (χ4n) is 6.51. The maximum atomic E-state index is 14.5. The van der Waals surface area contributed by atoms with Crippen molar-refractivity contribution in [3.8, 4) is 0 Å². The number of nitrogens with one attached hydrogen (secondary N) is 2. The van der Waals surface area contributed by atoms with E-state index in [4.69, 9.17) is 4.74 Å². The number of piperidine rings is 2. The third-order valence-electron chi connectivity index (χ3n) is 8.47. The Labute approximate surface area is 214 Å². The largest absolute Gasteiger partial charge is 0.430 e. The standard InChI is InChI=1S/C28H32F3N3O3/c1-37-27(28(29,30)31,20-9-3-2-4-10-20)25(36)34-15-12-26(13-16-34)17-23(35)33-18-22(26)21-11-5-7-19-8-6-14-32-24(19)21/h2-5,7,9-11,22,32H,6,8,12-18H2,1H3,(H,33,35)/t22-,27-/m1/s1. The number of para-hydroxylation sites is 1. The molecule has 0 unspecified atom stereocenters. The summed E-state index contributed by atoms with van der Waals surface area (Å²) in [7, 11) is 0.927. The Balaban J connectivity index is 1.44. The molecular weight excluding hydrogens is 483 g/mol. The van der Waals surface area contributed by atoms with Gasteiger partial charge < -0.3 is 20.3 Å². The van der Waals surface area contributed by atoms with Crippen LogP contribution in [0.2, 0.25) is 0 Å². The average Bonchev–Trinajstić information content (AvgIpc) is 2.89. The average molecular weight is 516 g/mol. The lowest BCUT2D eigenvalue weighted by Gasteiger charge is -2.50. The molecule has 1 spiro atoms. The minimum atomic E-state index is -4.95. The van der Waals surface area contributed by atoms with Crippen LogP contribution in [0.1, 0.15) is 48.3 Å². The Morgan fingerprint density at radius 2 is 1.78 bits per heavy atom. The highest BCUT2D eigenvalue weighted by molar-refractivity contribution is 5.88. The second-order valence-corrected chi connectivity index (χ2v) is 10.3. The van der Waals surface area contributed by atoms with Crippen molar-refractivity contribution in [1.82, 2.24) is 10.2 Å². The minimum absolute atomic E-state index is 0.00641. The summed E-state index contributed by atoms with van der Waals surface area (Å²) in [5, 5.41) is 6.53. The van der Waals surface area contributed by atoms with Crippen LogP contribution in [-0.2, 0) is 26.3 Å². The maximum Gasteiger partial charge on any atom is 0.430 e. The number of aryl methyl sites for hydroxylation is 1. The lowest BCUT2D eigenvalue weighted by atomic mass is 9.62. The predicted molar refractivity (Wildman–Crippen MR) is 133 cm³/mol. The Morgan fingerprint density at radius 1 is 1.05 bits per heavy atom. The molecule has 2 N–H and O–H groups in total. The molecule has 6 nitrogen and oxygen atoms in total. The molecule has 5 rings (SSSR count). The second-order valence-electron chi connectivity index (χ2n) is 10.3. The van der Waals surface area contributed by atoms with Gasteiger partial charge in [0.25, 0.3) is 11.5 Å². The summed E-state index contributed by atoms with van der Waals surface area (Å²) in [4.78, 5) is 27.4. The van der Waals surface area contributed by atoms with Gasteiger partial charge in [-0.1, -0.05) is 48.5 Å². The van der Waals surface area contributed by atoms with Crippen LogP contribution < -0.4 is 10.6 Å². The number of amides is 2. The first-order chi connectivity index (χ1) is 17.7. The van der Waals surface area contributed by atoms with E-state index >= 15 is 0 Å². The molecular formula is C28H32F3N3O3. The van der Waals surface area contributed by atoms with E-state index in [9.17, 15) is 22.8 Å². The molecule has 2 aromatic carbocycles. The molecule has 198 valence electrons. The van der Waals surface area contributed by atoms with Crippen LogP contribution in [0.25, 0.3) is 0 Å². The van der Waals surface area contributed by atoms with Crippen LogP contribution in [0.15, 0.2) is 48.5 Å². The Bertz CT molecular complexity index is 1160. The molecule has 2 atom stereocenters. The minimum Gasteiger partial charge on any atom is -0.385 e. The van der Waals surface area contributed by atoms with E-state index in [1.54, 1.807) is 6.07 Å². The molecule has 0 aromatic heterocycles. The van der Waals surface area contributed by atoms with Gasteiger partial charge in [0.1, 0.15) is 0 Å². The van der Waals surface area contributed by atoms with E-state index in [-0.39, 0.29) is 36.9 Å². The van der Waals surface area contributed by atoms with Crippen molar-refractivity contribution >= 4 is 17.5 Å². The van der Waals surface area contributed by atoms with Crippen molar-refractivity contribution in [1.29, 1.82) is 0 Å². The van der Waals surface area contributed by atoms with Gasteiger partial charge in [0.2, 0.25) is 5.91 Å². The van der Waals surface area contributed by atoms with Gasteiger partial charge in [-0.2, -0.15) is 13.2 Å². The van der Waals surface area contributed by atoms with Crippen LogP contribution in [0, 0.1) is 5.41 Å². The smallest absolute Gasteiger partial charge is 0.385 e. The number of rotatable bonds is 4. The monoisotopic (exact) mass is 515 g/mol. The van der Waals surface area contributed by atoms with E-state index in [0.717, 1.165) is 37.7 Å². The van der Waals surface area contributed by atoms with E-state index in [0.29, 0.717) is 19.4 Å². The van der Waals surface area contributed by atoms with Gasteiger partial charge in [-0.3, -0.25) is 9.59 Å². The summed E-state index contributed by atoms with van der Waals surface area (Å²) in [6.07, 6.45) is -1.74. The Kier molecular flexibility index (Phi) is 6.68. The van der Waals surface area contributed by atoms with Gasteiger partial charge in [-0.05, 0) is 42.2 Å². The SMILES string of the molecule is CO[C@@](C(=O)N1CCC2(CC1)CC(=O)NC[C@@H]2c1cccc2c1NCCC2)(c1ccccc1)C(F)(F)F. The number of halogens is 3. The van der Waals surface area contributed by atoms with Crippen molar-refractivity contribution in [3.05, 3.63) is 65.2 Å². The summed E-state index contributed by atoms with van der Waals surface area (Å²) in [5.41, 5.74) is -0.248. The first kappa shape index (κ1) is 25.6. The molecule has 0 bridgehead atoms. The van der Waals surface area contributed by atoms with Crippen molar-refractivity contribution < 1.29 is 27.5 Å². The number of alkyl halides is 3. The number of benzene rings is 2. The lowest BCUT2D eigenvalue weighted by Crippen LogP contribution is -2.60. The molecule has 3 aliphatic heterocycles. The van der Waals surface area contributed by atoms with Crippen molar-refractivity contribution in [2.24, 2.45) is 5.41 Å². The van der Waals surface area contributed by atoms with Gasteiger partial charge in [0, 0.05) is 56.9 Å². The van der Waals surface area contributed by atoms with Crippen molar-refractivity contribution in [2.45, 2.75) is 49.8 Å².